The van der Waals surface area contributed by atoms with E-state index in [-0.39, 0.29) is 35.9 Å². The minimum Gasteiger partial charge on any atom is -0.352 e. The zero-order chi connectivity index (χ0) is 21.6. The molecule has 0 aromatic heterocycles. The molecule has 156 valence electrons. The van der Waals surface area contributed by atoms with E-state index in [4.69, 9.17) is 0 Å². The molecular weight excluding hydrogens is 410 g/mol. The molecule has 0 spiro atoms. The Kier molecular flexibility index (Phi) is 6.91. The zero-order valence-electron chi connectivity index (χ0n) is 15.9. The molecule has 0 radical (unpaired) electrons. The second-order valence-electron chi connectivity index (χ2n) is 6.65. The first-order valence-corrected chi connectivity index (χ1v) is 10.6. The van der Waals surface area contributed by atoms with Crippen LogP contribution in [-0.2, 0) is 34.3 Å². The Morgan fingerprint density at radius 2 is 1.53 bits per heavy atom. The first-order chi connectivity index (χ1) is 14.3. The van der Waals surface area contributed by atoms with Gasteiger partial charge in [-0.05, 0) is 47.0 Å². The number of carbonyl (C=O) groups excluding carboxylic acids is 1. The molecule has 0 aliphatic rings. The molecule has 8 heteroatoms. The van der Waals surface area contributed by atoms with Gasteiger partial charge in [0.15, 0.2) is 0 Å². The van der Waals surface area contributed by atoms with Gasteiger partial charge in [-0.3, -0.25) is 4.79 Å². The highest BCUT2D eigenvalue weighted by molar-refractivity contribution is 7.89. The first kappa shape index (κ1) is 21.6. The summed E-state index contributed by atoms with van der Waals surface area (Å²) in [6.45, 7) is 0.0459. The number of benzene rings is 3. The lowest BCUT2D eigenvalue weighted by Crippen LogP contribution is -2.26. The average Bonchev–Trinajstić information content (AvgIpc) is 2.73. The molecule has 5 nitrogen and oxygen atoms in total. The molecule has 0 unspecified atom stereocenters. The molecule has 3 aromatic carbocycles. The van der Waals surface area contributed by atoms with Crippen molar-refractivity contribution < 1.29 is 22.0 Å². The third-order valence-electron chi connectivity index (χ3n) is 4.36. The summed E-state index contributed by atoms with van der Waals surface area (Å²) in [7, 11) is -3.82. The van der Waals surface area contributed by atoms with Crippen molar-refractivity contribution in [3.63, 3.8) is 0 Å². The van der Waals surface area contributed by atoms with Crippen LogP contribution in [0.4, 0.5) is 8.78 Å². The Balaban J connectivity index is 1.60. The maximum atomic E-state index is 13.6. The minimum atomic E-state index is -3.82. The van der Waals surface area contributed by atoms with E-state index in [0.29, 0.717) is 11.1 Å². The molecule has 0 fully saturated rings. The van der Waals surface area contributed by atoms with E-state index >= 15 is 0 Å². The first-order valence-electron chi connectivity index (χ1n) is 9.17. The molecule has 3 rings (SSSR count). The van der Waals surface area contributed by atoms with Gasteiger partial charge in [0.2, 0.25) is 15.9 Å². The largest absolute Gasteiger partial charge is 0.352 e. The minimum absolute atomic E-state index is 0.0276. The summed E-state index contributed by atoms with van der Waals surface area (Å²) in [6, 6.07) is 17.8. The van der Waals surface area contributed by atoms with Gasteiger partial charge in [0, 0.05) is 13.1 Å². The van der Waals surface area contributed by atoms with Gasteiger partial charge >= 0.3 is 0 Å². The van der Waals surface area contributed by atoms with Gasteiger partial charge in [0.25, 0.3) is 0 Å². The fourth-order valence-electron chi connectivity index (χ4n) is 2.81. The van der Waals surface area contributed by atoms with Crippen LogP contribution >= 0.6 is 0 Å². The van der Waals surface area contributed by atoms with Crippen LogP contribution in [0.2, 0.25) is 0 Å². The highest BCUT2D eigenvalue weighted by Crippen LogP contribution is 2.13. The SMILES string of the molecule is O=C(Cc1ccccc1F)NCc1cccc(S(=O)(=O)NCc2cccc(F)c2)c1. The molecule has 0 bridgehead atoms. The van der Waals surface area contributed by atoms with Crippen LogP contribution in [0.3, 0.4) is 0 Å². The number of rotatable bonds is 8. The second-order valence-corrected chi connectivity index (χ2v) is 8.41. The lowest BCUT2D eigenvalue weighted by atomic mass is 10.1. The van der Waals surface area contributed by atoms with Crippen LogP contribution < -0.4 is 10.0 Å². The van der Waals surface area contributed by atoms with Crippen molar-refractivity contribution in [3.05, 3.63) is 101 Å². The van der Waals surface area contributed by atoms with Crippen molar-refractivity contribution in [3.8, 4) is 0 Å². The van der Waals surface area contributed by atoms with Crippen molar-refractivity contribution >= 4 is 15.9 Å². The average molecular weight is 430 g/mol. The lowest BCUT2D eigenvalue weighted by molar-refractivity contribution is -0.120. The summed E-state index contributed by atoms with van der Waals surface area (Å²) in [6.07, 6.45) is -0.111. The number of nitrogens with one attached hydrogen (secondary N) is 2. The van der Waals surface area contributed by atoms with E-state index in [0.717, 1.165) is 0 Å². The Morgan fingerprint density at radius 1 is 0.833 bits per heavy atom. The molecule has 30 heavy (non-hydrogen) atoms. The van der Waals surface area contributed by atoms with Crippen LogP contribution in [0.5, 0.6) is 0 Å². The monoisotopic (exact) mass is 430 g/mol. The third-order valence-corrected chi connectivity index (χ3v) is 5.76. The fraction of sp³-hybridized carbons (Fsp3) is 0.136. The molecule has 0 saturated carbocycles. The van der Waals surface area contributed by atoms with Gasteiger partial charge in [-0.1, -0.05) is 42.5 Å². The van der Waals surface area contributed by atoms with Crippen molar-refractivity contribution in [1.82, 2.24) is 10.0 Å². The van der Waals surface area contributed by atoms with Gasteiger partial charge in [0.05, 0.1) is 11.3 Å². The highest BCUT2D eigenvalue weighted by atomic mass is 32.2. The van der Waals surface area contributed by atoms with Crippen molar-refractivity contribution in [2.75, 3.05) is 0 Å². The van der Waals surface area contributed by atoms with Crippen LogP contribution in [0.15, 0.2) is 77.7 Å². The zero-order valence-corrected chi connectivity index (χ0v) is 16.8. The highest BCUT2D eigenvalue weighted by Gasteiger charge is 2.15. The van der Waals surface area contributed by atoms with Gasteiger partial charge in [-0.2, -0.15) is 0 Å². The Bertz CT molecular complexity index is 1150. The maximum Gasteiger partial charge on any atom is 0.240 e. The Hall–Kier alpha value is -3.10. The van der Waals surface area contributed by atoms with Crippen molar-refractivity contribution in [1.29, 1.82) is 0 Å². The number of sulfonamides is 1. The molecular formula is C22H20F2N2O3S. The number of amides is 1. The van der Waals surface area contributed by atoms with Crippen LogP contribution in [-0.4, -0.2) is 14.3 Å². The van der Waals surface area contributed by atoms with Gasteiger partial charge in [-0.25, -0.2) is 21.9 Å². The quantitative estimate of drug-likeness (QED) is 0.576. The predicted octanol–water partition coefficient (Wildman–Crippen LogP) is 3.30. The summed E-state index contributed by atoms with van der Waals surface area (Å²) in [5, 5.41) is 2.65. The van der Waals surface area contributed by atoms with E-state index < -0.39 is 21.7 Å². The predicted molar refractivity (Wildman–Crippen MR) is 109 cm³/mol. The fourth-order valence-corrected chi connectivity index (χ4v) is 3.90. The molecule has 3 aromatic rings. The van der Waals surface area contributed by atoms with Crippen molar-refractivity contribution in [2.45, 2.75) is 24.4 Å². The van der Waals surface area contributed by atoms with Crippen LogP contribution in [0, 0.1) is 11.6 Å². The van der Waals surface area contributed by atoms with Crippen LogP contribution in [0.1, 0.15) is 16.7 Å². The van der Waals surface area contributed by atoms with Gasteiger partial charge in [-0.15, -0.1) is 0 Å². The van der Waals surface area contributed by atoms with Crippen LogP contribution in [0.25, 0.3) is 0 Å². The van der Waals surface area contributed by atoms with E-state index in [1.165, 1.54) is 42.5 Å². The molecule has 0 atom stereocenters. The molecule has 1 amide bonds. The van der Waals surface area contributed by atoms with Gasteiger partial charge in [0.1, 0.15) is 11.6 Å². The molecule has 0 heterocycles. The maximum absolute atomic E-state index is 13.6. The van der Waals surface area contributed by atoms with E-state index in [2.05, 4.69) is 10.0 Å². The summed E-state index contributed by atoms with van der Waals surface area (Å²) in [5.41, 5.74) is 1.36. The topological polar surface area (TPSA) is 75.3 Å². The van der Waals surface area contributed by atoms with Crippen molar-refractivity contribution in [2.24, 2.45) is 0 Å². The number of hydrogen-bond acceptors (Lipinski definition) is 3. The molecule has 0 aliphatic carbocycles. The molecule has 2 N–H and O–H groups in total. The standard InChI is InChI=1S/C22H20F2N2O3S/c23-19-8-3-5-16(11-19)15-26-30(28,29)20-9-4-6-17(12-20)14-25-22(27)13-18-7-1-2-10-21(18)24/h1-12,26H,13-15H2,(H,25,27). The number of carbonyl (C=O) groups is 1. The van der Waals surface area contributed by atoms with Gasteiger partial charge < -0.3 is 5.32 Å². The number of halogens is 2. The Morgan fingerprint density at radius 3 is 2.27 bits per heavy atom. The summed E-state index contributed by atoms with van der Waals surface area (Å²) in [4.78, 5) is 12.1. The molecule has 0 saturated heterocycles. The molecule has 0 aliphatic heterocycles. The van der Waals surface area contributed by atoms with E-state index in [9.17, 15) is 22.0 Å². The lowest BCUT2D eigenvalue weighted by Gasteiger charge is -2.10. The second kappa shape index (κ2) is 9.60. The normalized spacial score (nSPS) is 11.3. The third kappa shape index (κ3) is 5.95. The smallest absolute Gasteiger partial charge is 0.240 e. The summed E-state index contributed by atoms with van der Waals surface area (Å²) in [5.74, 6) is -1.28. The summed E-state index contributed by atoms with van der Waals surface area (Å²) < 4.78 is 54.4. The summed E-state index contributed by atoms with van der Waals surface area (Å²) >= 11 is 0. The van der Waals surface area contributed by atoms with E-state index in [1.54, 1.807) is 30.3 Å². The van der Waals surface area contributed by atoms with E-state index in [1.807, 2.05) is 0 Å². The Labute approximate surface area is 173 Å². The number of hydrogen-bond donors (Lipinski definition) is 2.